The SMILES string of the molecule is COc1nnc(C(=O)N2CCC(N[C@H]3CCOC[C@H]3OC)CC2)c(C)c1NC[C@H]1CCC[C@@H](c2ccccc2)C1. The molecule has 0 spiro atoms. The highest BCUT2D eigenvalue weighted by Gasteiger charge is 2.32. The molecule has 2 aliphatic heterocycles. The second-order valence-electron chi connectivity index (χ2n) is 11.6. The van der Waals surface area contributed by atoms with Gasteiger partial charge in [0.1, 0.15) is 5.69 Å². The Labute approximate surface area is 238 Å². The zero-order chi connectivity index (χ0) is 27.9. The van der Waals surface area contributed by atoms with E-state index in [0.29, 0.717) is 55.2 Å². The lowest BCUT2D eigenvalue weighted by atomic mass is 9.78. The number of benzene rings is 1. The van der Waals surface area contributed by atoms with Gasteiger partial charge in [0.15, 0.2) is 5.69 Å². The lowest BCUT2D eigenvalue weighted by Gasteiger charge is -2.38. The molecule has 2 saturated heterocycles. The summed E-state index contributed by atoms with van der Waals surface area (Å²) >= 11 is 0. The van der Waals surface area contributed by atoms with Crippen molar-refractivity contribution < 1.29 is 19.0 Å². The molecule has 9 nitrogen and oxygen atoms in total. The predicted molar refractivity (Wildman–Crippen MR) is 155 cm³/mol. The van der Waals surface area contributed by atoms with Crippen LogP contribution in [0.4, 0.5) is 5.69 Å². The van der Waals surface area contributed by atoms with E-state index in [1.165, 1.54) is 24.8 Å². The second-order valence-corrected chi connectivity index (χ2v) is 11.6. The first-order valence-corrected chi connectivity index (χ1v) is 14.9. The number of anilines is 1. The van der Waals surface area contributed by atoms with Crippen molar-refractivity contribution in [3.63, 3.8) is 0 Å². The average molecular weight is 552 g/mol. The molecular weight excluding hydrogens is 506 g/mol. The maximum absolute atomic E-state index is 13.6. The van der Waals surface area contributed by atoms with E-state index >= 15 is 0 Å². The third-order valence-electron chi connectivity index (χ3n) is 9.04. The molecule has 1 aliphatic carbocycles. The molecule has 4 atom stereocenters. The van der Waals surface area contributed by atoms with E-state index in [-0.39, 0.29) is 12.0 Å². The molecule has 1 aromatic carbocycles. The maximum Gasteiger partial charge on any atom is 0.274 e. The normalized spacial score (nSPS) is 25.9. The Morgan fingerprint density at radius 2 is 1.88 bits per heavy atom. The Balaban J connectivity index is 1.19. The molecule has 0 bridgehead atoms. The lowest BCUT2D eigenvalue weighted by Crippen LogP contribution is -2.54. The molecule has 40 heavy (non-hydrogen) atoms. The molecule has 3 aliphatic rings. The Kier molecular flexibility index (Phi) is 9.88. The summed E-state index contributed by atoms with van der Waals surface area (Å²) < 4.78 is 16.7. The third-order valence-corrected chi connectivity index (χ3v) is 9.04. The topological polar surface area (TPSA) is 97.8 Å². The average Bonchev–Trinajstić information content (AvgIpc) is 3.01. The number of ether oxygens (including phenoxy) is 3. The van der Waals surface area contributed by atoms with Crippen molar-refractivity contribution in [3.8, 4) is 5.88 Å². The number of hydrogen-bond donors (Lipinski definition) is 2. The van der Waals surface area contributed by atoms with Crippen LogP contribution in [0.15, 0.2) is 30.3 Å². The van der Waals surface area contributed by atoms with Gasteiger partial charge in [0.05, 0.1) is 19.8 Å². The summed E-state index contributed by atoms with van der Waals surface area (Å²) in [4.78, 5) is 15.5. The molecule has 218 valence electrons. The quantitative estimate of drug-likeness (QED) is 0.479. The van der Waals surface area contributed by atoms with Crippen LogP contribution in [0.3, 0.4) is 0 Å². The number of likely N-dealkylation sites (tertiary alicyclic amines) is 1. The molecule has 1 saturated carbocycles. The molecule has 2 N–H and O–H groups in total. The summed E-state index contributed by atoms with van der Waals surface area (Å²) in [6, 6.07) is 11.5. The number of carbonyl (C=O) groups is 1. The van der Waals surface area contributed by atoms with E-state index in [1.54, 1.807) is 14.2 Å². The molecule has 9 heteroatoms. The van der Waals surface area contributed by atoms with E-state index < -0.39 is 0 Å². The lowest BCUT2D eigenvalue weighted by molar-refractivity contribution is -0.0533. The second kappa shape index (κ2) is 13.7. The summed E-state index contributed by atoms with van der Waals surface area (Å²) in [6.45, 7) is 5.55. The van der Waals surface area contributed by atoms with Crippen molar-refractivity contribution >= 4 is 11.6 Å². The highest BCUT2D eigenvalue weighted by molar-refractivity contribution is 5.95. The number of nitrogens with one attached hydrogen (secondary N) is 2. The van der Waals surface area contributed by atoms with Crippen LogP contribution in [0.25, 0.3) is 0 Å². The monoisotopic (exact) mass is 551 g/mol. The van der Waals surface area contributed by atoms with Gasteiger partial charge in [0.25, 0.3) is 11.8 Å². The van der Waals surface area contributed by atoms with E-state index in [2.05, 4.69) is 51.2 Å². The molecular formula is C31H45N5O4. The van der Waals surface area contributed by atoms with Crippen LogP contribution in [0.1, 0.15) is 72.5 Å². The number of nitrogens with zero attached hydrogens (tertiary/aromatic N) is 3. The summed E-state index contributed by atoms with van der Waals surface area (Å²) in [7, 11) is 3.35. The fraction of sp³-hybridized carbons (Fsp3) is 0.645. The van der Waals surface area contributed by atoms with Crippen molar-refractivity contribution in [1.82, 2.24) is 20.4 Å². The van der Waals surface area contributed by atoms with Gasteiger partial charge < -0.3 is 29.7 Å². The van der Waals surface area contributed by atoms with Crippen LogP contribution in [-0.2, 0) is 9.47 Å². The van der Waals surface area contributed by atoms with Gasteiger partial charge in [-0.25, -0.2) is 0 Å². The first-order chi connectivity index (χ1) is 19.6. The molecule has 2 aromatic rings. The summed E-state index contributed by atoms with van der Waals surface area (Å²) in [5, 5.41) is 16.0. The van der Waals surface area contributed by atoms with Gasteiger partial charge in [0, 0.05) is 51.0 Å². The summed E-state index contributed by atoms with van der Waals surface area (Å²) in [6.07, 6.45) is 7.65. The minimum Gasteiger partial charge on any atom is -0.478 e. The smallest absolute Gasteiger partial charge is 0.274 e. The van der Waals surface area contributed by atoms with Crippen LogP contribution < -0.4 is 15.4 Å². The Morgan fingerprint density at radius 1 is 1.07 bits per heavy atom. The highest BCUT2D eigenvalue weighted by Crippen LogP contribution is 2.37. The van der Waals surface area contributed by atoms with E-state index in [0.717, 1.165) is 50.1 Å². The van der Waals surface area contributed by atoms with Crippen molar-refractivity contribution in [2.75, 3.05) is 52.4 Å². The van der Waals surface area contributed by atoms with Crippen molar-refractivity contribution in [2.45, 2.75) is 76.0 Å². The zero-order valence-corrected chi connectivity index (χ0v) is 24.2. The number of aromatic nitrogens is 2. The maximum atomic E-state index is 13.6. The highest BCUT2D eigenvalue weighted by atomic mass is 16.5. The molecule has 1 amide bonds. The van der Waals surface area contributed by atoms with Crippen LogP contribution >= 0.6 is 0 Å². The first-order valence-electron chi connectivity index (χ1n) is 14.9. The van der Waals surface area contributed by atoms with Crippen LogP contribution in [0.2, 0.25) is 0 Å². The van der Waals surface area contributed by atoms with E-state index in [4.69, 9.17) is 14.2 Å². The van der Waals surface area contributed by atoms with Crippen molar-refractivity contribution in [3.05, 3.63) is 47.2 Å². The molecule has 5 rings (SSSR count). The molecule has 3 heterocycles. The standard InChI is InChI=1S/C31H45N5O4/c1-21-28(32-19-22-8-7-11-24(18-22)23-9-5-4-6-10-23)30(39-3)35-34-29(21)31(37)36-15-12-25(13-16-36)33-26-14-17-40-20-27(26)38-2/h4-6,9-10,22,24-27,33H,7-8,11-20H2,1-3H3,(H,32,34)/t22-,24+,26-,27+/m0/s1. The van der Waals surface area contributed by atoms with Gasteiger partial charge in [-0.2, -0.15) is 0 Å². The predicted octanol–water partition coefficient (Wildman–Crippen LogP) is 4.18. The van der Waals surface area contributed by atoms with Gasteiger partial charge in [-0.05, 0) is 62.8 Å². The molecule has 3 fully saturated rings. The van der Waals surface area contributed by atoms with Gasteiger partial charge >= 0.3 is 0 Å². The number of piperidine rings is 1. The number of rotatable bonds is 9. The van der Waals surface area contributed by atoms with Crippen LogP contribution in [0.5, 0.6) is 5.88 Å². The van der Waals surface area contributed by atoms with Crippen molar-refractivity contribution in [2.24, 2.45) is 5.92 Å². The first kappa shape index (κ1) is 28.8. The largest absolute Gasteiger partial charge is 0.478 e. The minimum atomic E-state index is -0.0585. The van der Waals surface area contributed by atoms with Gasteiger partial charge in [-0.3, -0.25) is 4.79 Å². The summed E-state index contributed by atoms with van der Waals surface area (Å²) in [5.74, 6) is 1.53. The fourth-order valence-corrected chi connectivity index (χ4v) is 6.64. The zero-order valence-electron chi connectivity index (χ0n) is 24.2. The third kappa shape index (κ3) is 6.75. The molecule has 0 radical (unpaired) electrons. The number of amides is 1. The van der Waals surface area contributed by atoms with Crippen molar-refractivity contribution in [1.29, 1.82) is 0 Å². The molecule has 1 aromatic heterocycles. The van der Waals surface area contributed by atoms with Gasteiger partial charge in [-0.1, -0.05) is 36.8 Å². The fourth-order valence-electron chi connectivity index (χ4n) is 6.64. The van der Waals surface area contributed by atoms with Crippen LogP contribution in [0, 0.1) is 12.8 Å². The van der Waals surface area contributed by atoms with Gasteiger partial charge in [0.2, 0.25) is 0 Å². The minimum absolute atomic E-state index is 0.0585. The van der Waals surface area contributed by atoms with Crippen LogP contribution in [-0.4, -0.2) is 86.3 Å². The number of methoxy groups -OCH3 is 2. The molecule has 0 unspecified atom stereocenters. The van der Waals surface area contributed by atoms with E-state index in [9.17, 15) is 4.79 Å². The number of hydrogen-bond acceptors (Lipinski definition) is 8. The Morgan fingerprint density at radius 3 is 2.62 bits per heavy atom. The van der Waals surface area contributed by atoms with E-state index in [1.807, 2.05) is 11.8 Å². The Hall–Kier alpha value is -2.75. The Bertz CT molecular complexity index is 1110. The number of carbonyl (C=O) groups excluding carboxylic acids is 1. The van der Waals surface area contributed by atoms with Gasteiger partial charge in [-0.15, -0.1) is 10.2 Å². The summed E-state index contributed by atoms with van der Waals surface area (Å²) in [5.41, 5.74) is 3.43.